The number of methoxy groups -OCH3 is 2. The topological polar surface area (TPSA) is 89.2 Å². The molecule has 2 aromatic carbocycles. The Morgan fingerprint density at radius 2 is 1.91 bits per heavy atom. The van der Waals surface area contributed by atoms with Crippen molar-refractivity contribution in [3.05, 3.63) is 88.3 Å². The van der Waals surface area contributed by atoms with E-state index in [2.05, 4.69) is 0 Å². The fourth-order valence-corrected chi connectivity index (χ4v) is 3.91. The summed E-state index contributed by atoms with van der Waals surface area (Å²) < 4.78 is 16.0. The second kappa shape index (κ2) is 8.80. The molecule has 8 heteroatoms. The van der Waals surface area contributed by atoms with Crippen LogP contribution in [0, 0.1) is 0 Å². The first-order valence-electron chi connectivity index (χ1n) is 9.73. The van der Waals surface area contributed by atoms with Gasteiger partial charge in [-0.3, -0.25) is 9.59 Å². The highest BCUT2D eigenvalue weighted by atomic mass is 35.5. The van der Waals surface area contributed by atoms with Crippen LogP contribution < -0.4 is 9.47 Å². The highest BCUT2D eigenvalue weighted by Crippen LogP contribution is 2.41. The van der Waals surface area contributed by atoms with Crippen molar-refractivity contribution in [2.24, 2.45) is 0 Å². The molecule has 0 saturated carbocycles. The van der Waals surface area contributed by atoms with Crippen molar-refractivity contribution in [1.82, 2.24) is 4.90 Å². The number of aliphatic hydroxyl groups is 1. The molecule has 0 aliphatic carbocycles. The van der Waals surface area contributed by atoms with Crippen LogP contribution in [0.3, 0.4) is 0 Å². The summed E-state index contributed by atoms with van der Waals surface area (Å²) in [6, 6.07) is 14.2. The Morgan fingerprint density at radius 1 is 1.09 bits per heavy atom. The molecule has 1 N–H and O–H groups in total. The summed E-state index contributed by atoms with van der Waals surface area (Å²) in [6.07, 6.45) is 1.45. The molecular weight excluding hydrogens is 434 g/mol. The largest absolute Gasteiger partial charge is 0.507 e. The van der Waals surface area contributed by atoms with E-state index in [4.69, 9.17) is 25.5 Å². The fraction of sp³-hybridized carbons (Fsp3) is 0.167. The summed E-state index contributed by atoms with van der Waals surface area (Å²) in [6.45, 7) is 0.119. The Bertz CT molecular complexity index is 1200. The van der Waals surface area contributed by atoms with Crippen LogP contribution >= 0.6 is 11.6 Å². The van der Waals surface area contributed by atoms with Gasteiger partial charge in [-0.25, -0.2) is 0 Å². The quantitative estimate of drug-likeness (QED) is 0.334. The Labute approximate surface area is 189 Å². The van der Waals surface area contributed by atoms with Crippen LogP contribution in [0.2, 0.25) is 5.02 Å². The van der Waals surface area contributed by atoms with Gasteiger partial charge in [0.25, 0.3) is 11.7 Å². The molecule has 1 aliphatic heterocycles. The summed E-state index contributed by atoms with van der Waals surface area (Å²) in [5.74, 6) is -0.572. The lowest BCUT2D eigenvalue weighted by Gasteiger charge is -2.23. The molecule has 2 heterocycles. The molecule has 7 nitrogen and oxygen atoms in total. The van der Waals surface area contributed by atoms with Crippen molar-refractivity contribution < 1.29 is 28.6 Å². The second-order valence-electron chi connectivity index (χ2n) is 7.14. The van der Waals surface area contributed by atoms with Crippen molar-refractivity contribution >= 4 is 29.1 Å². The summed E-state index contributed by atoms with van der Waals surface area (Å²) in [5, 5.41) is 11.4. The minimum Gasteiger partial charge on any atom is -0.507 e. The van der Waals surface area contributed by atoms with Crippen LogP contribution in [0.4, 0.5) is 0 Å². The van der Waals surface area contributed by atoms with E-state index in [0.29, 0.717) is 27.8 Å². The molecule has 1 aromatic heterocycles. The van der Waals surface area contributed by atoms with E-state index >= 15 is 0 Å². The number of carbonyl (C=O) groups is 2. The van der Waals surface area contributed by atoms with Crippen LogP contribution in [-0.2, 0) is 16.1 Å². The molecule has 0 bridgehead atoms. The minimum absolute atomic E-state index is 0.0720. The van der Waals surface area contributed by atoms with Crippen LogP contribution in [0.1, 0.15) is 22.9 Å². The zero-order valence-corrected chi connectivity index (χ0v) is 18.1. The number of aliphatic hydroxyl groups excluding tert-OH is 1. The lowest BCUT2D eigenvalue weighted by atomic mass is 9.99. The van der Waals surface area contributed by atoms with E-state index in [9.17, 15) is 14.7 Å². The molecule has 1 atom stereocenters. The number of Topliss-reactive ketones (excluding diaryl/α,β-unsaturated/α-hetero) is 1. The molecular formula is C24H20ClNO6. The maximum absolute atomic E-state index is 13.0. The molecule has 1 fully saturated rings. The maximum atomic E-state index is 13.0. The van der Waals surface area contributed by atoms with Gasteiger partial charge in [-0.2, -0.15) is 0 Å². The number of carbonyl (C=O) groups excluding carboxylic acids is 2. The third-order valence-corrected chi connectivity index (χ3v) is 5.58. The Balaban J connectivity index is 1.82. The van der Waals surface area contributed by atoms with E-state index < -0.39 is 17.7 Å². The van der Waals surface area contributed by atoms with Gasteiger partial charge in [0.05, 0.1) is 31.1 Å². The van der Waals surface area contributed by atoms with Gasteiger partial charge in [-0.05, 0) is 48.0 Å². The predicted octanol–water partition coefficient (Wildman–Crippen LogP) is 4.57. The number of rotatable bonds is 6. The summed E-state index contributed by atoms with van der Waals surface area (Å²) in [5.41, 5.74) is 0.982. The van der Waals surface area contributed by atoms with Crippen molar-refractivity contribution in [3.63, 3.8) is 0 Å². The number of likely N-dealkylation sites (tertiary alicyclic amines) is 1. The van der Waals surface area contributed by atoms with Crippen molar-refractivity contribution in [2.45, 2.75) is 12.6 Å². The Morgan fingerprint density at radius 3 is 2.59 bits per heavy atom. The van der Waals surface area contributed by atoms with E-state index in [1.807, 2.05) is 6.07 Å². The number of hydrogen-bond acceptors (Lipinski definition) is 6. The normalized spacial score (nSPS) is 17.6. The average molecular weight is 454 g/mol. The van der Waals surface area contributed by atoms with E-state index in [1.165, 1.54) is 24.3 Å². The van der Waals surface area contributed by atoms with Gasteiger partial charge in [0.1, 0.15) is 29.1 Å². The monoisotopic (exact) mass is 453 g/mol. The van der Waals surface area contributed by atoms with E-state index in [1.54, 1.807) is 49.6 Å². The highest BCUT2D eigenvalue weighted by molar-refractivity contribution is 6.46. The third kappa shape index (κ3) is 3.83. The van der Waals surface area contributed by atoms with Crippen LogP contribution in [0.25, 0.3) is 5.76 Å². The zero-order valence-electron chi connectivity index (χ0n) is 17.4. The van der Waals surface area contributed by atoms with Crippen LogP contribution in [0.15, 0.2) is 70.9 Å². The second-order valence-corrected chi connectivity index (χ2v) is 7.55. The van der Waals surface area contributed by atoms with Gasteiger partial charge in [-0.1, -0.05) is 23.7 Å². The molecule has 1 unspecified atom stereocenters. The number of nitrogens with zero attached hydrogens (tertiary/aromatic N) is 1. The fourth-order valence-electron chi connectivity index (χ4n) is 3.72. The molecule has 0 radical (unpaired) electrons. The van der Waals surface area contributed by atoms with Crippen molar-refractivity contribution in [2.75, 3.05) is 14.2 Å². The summed E-state index contributed by atoms with van der Waals surface area (Å²) in [4.78, 5) is 27.4. The number of hydrogen-bond donors (Lipinski definition) is 1. The van der Waals surface area contributed by atoms with Crippen LogP contribution in [-0.4, -0.2) is 35.9 Å². The van der Waals surface area contributed by atoms with Crippen molar-refractivity contribution in [1.29, 1.82) is 0 Å². The van der Waals surface area contributed by atoms with Gasteiger partial charge in [0.2, 0.25) is 0 Å². The average Bonchev–Trinajstić information content (AvgIpc) is 3.42. The molecule has 4 rings (SSSR count). The number of benzene rings is 2. The van der Waals surface area contributed by atoms with Gasteiger partial charge < -0.3 is 23.9 Å². The summed E-state index contributed by atoms with van der Waals surface area (Å²) >= 11 is 6.08. The number of amides is 1. The van der Waals surface area contributed by atoms with Gasteiger partial charge >= 0.3 is 0 Å². The first kappa shape index (κ1) is 21.5. The highest BCUT2D eigenvalue weighted by Gasteiger charge is 2.47. The Hall–Kier alpha value is -3.71. The Kier molecular flexibility index (Phi) is 5.92. The maximum Gasteiger partial charge on any atom is 0.296 e. The smallest absolute Gasteiger partial charge is 0.296 e. The standard InChI is InChI=1S/C24H20ClNO6/c1-30-16-6-3-5-14(11-16)13-26-21(18-7-4-10-32-18)20(23(28)24(26)29)22(27)15-8-9-17(25)19(12-15)31-2/h3-12,21,27H,13H2,1-2H3/b22-20-. The number of ketones is 1. The van der Waals surface area contributed by atoms with Gasteiger partial charge in [0.15, 0.2) is 0 Å². The SMILES string of the molecule is COc1cccc(CN2C(=O)C(=O)/C(=C(\O)c3ccc(Cl)c(OC)c3)C2c2ccco2)c1. The lowest BCUT2D eigenvalue weighted by Crippen LogP contribution is -2.29. The molecule has 1 saturated heterocycles. The lowest BCUT2D eigenvalue weighted by molar-refractivity contribution is -0.140. The predicted molar refractivity (Wildman–Crippen MR) is 118 cm³/mol. The zero-order chi connectivity index (χ0) is 22.8. The van der Waals surface area contributed by atoms with E-state index in [-0.39, 0.29) is 17.9 Å². The molecule has 3 aromatic rings. The minimum atomic E-state index is -0.905. The van der Waals surface area contributed by atoms with E-state index in [0.717, 1.165) is 5.56 Å². The molecule has 1 amide bonds. The van der Waals surface area contributed by atoms with Crippen LogP contribution in [0.5, 0.6) is 11.5 Å². The number of furan rings is 1. The summed E-state index contributed by atoms with van der Waals surface area (Å²) in [7, 11) is 3.00. The molecule has 0 spiro atoms. The first-order chi connectivity index (χ1) is 15.4. The number of ether oxygens (including phenoxy) is 2. The van der Waals surface area contributed by atoms with Gasteiger partial charge in [0, 0.05) is 12.1 Å². The molecule has 32 heavy (non-hydrogen) atoms. The number of halogens is 1. The molecule has 1 aliphatic rings. The van der Waals surface area contributed by atoms with Crippen molar-refractivity contribution in [3.8, 4) is 11.5 Å². The molecule has 164 valence electrons. The van der Waals surface area contributed by atoms with Gasteiger partial charge in [-0.15, -0.1) is 0 Å². The first-order valence-corrected chi connectivity index (χ1v) is 10.1. The third-order valence-electron chi connectivity index (χ3n) is 5.26.